The van der Waals surface area contributed by atoms with Crippen LogP contribution in [0.25, 0.3) is 0 Å². The van der Waals surface area contributed by atoms with Crippen molar-refractivity contribution in [3.8, 4) is 0 Å². The van der Waals surface area contributed by atoms with Crippen LogP contribution < -0.4 is 5.73 Å². The molecule has 0 aromatic carbocycles. The van der Waals surface area contributed by atoms with Crippen molar-refractivity contribution in [2.75, 3.05) is 19.6 Å². The molecule has 1 heterocycles. The van der Waals surface area contributed by atoms with Gasteiger partial charge in [-0.3, -0.25) is 4.79 Å². The standard InChI is InChI=1S/C11H19F3N2O2/c1-10(15,9(17)18)4-6-16-5-2-3-8(7-16)11(12,13)14/h8H,2-7,15H2,1H3,(H,17,18). The van der Waals surface area contributed by atoms with Gasteiger partial charge in [0.2, 0.25) is 0 Å². The Labute approximate surface area is 104 Å². The third-order valence-corrected chi connectivity index (χ3v) is 3.40. The Hall–Kier alpha value is -0.820. The molecule has 0 radical (unpaired) electrons. The zero-order valence-electron chi connectivity index (χ0n) is 10.3. The van der Waals surface area contributed by atoms with Crippen molar-refractivity contribution in [1.29, 1.82) is 0 Å². The van der Waals surface area contributed by atoms with Crippen molar-refractivity contribution in [2.45, 2.75) is 37.9 Å². The molecule has 0 aromatic heterocycles. The molecule has 18 heavy (non-hydrogen) atoms. The number of carboxylic acid groups (broad SMARTS) is 1. The van der Waals surface area contributed by atoms with E-state index >= 15 is 0 Å². The number of likely N-dealkylation sites (tertiary alicyclic amines) is 1. The second-order valence-electron chi connectivity index (χ2n) is 5.15. The molecule has 3 N–H and O–H groups in total. The highest BCUT2D eigenvalue weighted by molar-refractivity contribution is 5.77. The van der Waals surface area contributed by atoms with Gasteiger partial charge in [-0.05, 0) is 32.7 Å². The van der Waals surface area contributed by atoms with Gasteiger partial charge in [-0.25, -0.2) is 0 Å². The molecule has 1 fully saturated rings. The summed E-state index contributed by atoms with van der Waals surface area (Å²) in [5, 5.41) is 8.83. The Morgan fingerprint density at radius 3 is 2.61 bits per heavy atom. The molecule has 2 unspecified atom stereocenters. The van der Waals surface area contributed by atoms with Crippen molar-refractivity contribution >= 4 is 5.97 Å². The third-order valence-electron chi connectivity index (χ3n) is 3.40. The van der Waals surface area contributed by atoms with Gasteiger partial charge in [-0.15, -0.1) is 0 Å². The number of carbonyl (C=O) groups is 1. The minimum Gasteiger partial charge on any atom is -0.480 e. The van der Waals surface area contributed by atoms with E-state index in [0.29, 0.717) is 13.0 Å². The molecule has 0 saturated carbocycles. The normalized spacial score (nSPS) is 25.7. The molecule has 4 nitrogen and oxygen atoms in total. The average Bonchev–Trinajstić information content (AvgIpc) is 2.25. The molecule has 1 aliphatic rings. The first-order chi connectivity index (χ1) is 8.13. The predicted molar refractivity (Wildman–Crippen MR) is 60.1 cm³/mol. The number of hydrogen-bond acceptors (Lipinski definition) is 3. The van der Waals surface area contributed by atoms with E-state index in [1.54, 1.807) is 4.90 Å². The highest BCUT2D eigenvalue weighted by atomic mass is 19.4. The van der Waals surface area contributed by atoms with Gasteiger partial charge >= 0.3 is 12.1 Å². The molecular weight excluding hydrogens is 249 g/mol. The van der Waals surface area contributed by atoms with Gasteiger partial charge in [0.15, 0.2) is 0 Å². The Balaban J connectivity index is 2.47. The number of piperidine rings is 1. The van der Waals surface area contributed by atoms with Crippen LogP contribution in [0.5, 0.6) is 0 Å². The van der Waals surface area contributed by atoms with E-state index in [1.807, 2.05) is 0 Å². The summed E-state index contributed by atoms with van der Waals surface area (Å²) >= 11 is 0. The van der Waals surface area contributed by atoms with E-state index in [4.69, 9.17) is 10.8 Å². The Bertz CT molecular complexity index is 305. The van der Waals surface area contributed by atoms with Crippen LogP contribution >= 0.6 is 0 Å². The molecule has 7 heteroatoms. The molecule has 0 spiro atoms. The fourth-order valence-electron chi connectivity index (χ4n) is 2.02. The fourth-order valence-corrected chi connectivity index (χ4v) is 2.02. The Morgan fingerprint density at radius 1 is 1.50 bits per heavy atom. The van der Waals surface area contributed by atoms with Crippen LogP contribution in [0, 0.1) is 5.92 Å². The van der Waals surface area contributed by atoms with Crippen molar-refractivity contribution in [3.63, 3.8) is 0 Å². The number of rotatable bonds is 4. The second kappa shape index (κ2) is 5.44. The molecule has 0 amide bonds. The van der Waals surface area contributed by atoms with Crippen LogP contribution in [-0.2, 0) is 4.79 Å². The van der Waals surface area contributed by atoms with E-state index in [2.05, 4.69) is 0 Å². The summed E-state index contributed by atoms with van der Waals surface area (Å²) < 4.78 is 37.7. The SMILES string of the molecule is CC(N)(CCN1CCCC(C(F)(F)F)C1)C(=O)O. The monoisotopic (exact) mass is 268 g/mol. The van der Waals surface area contributed by atoms with Crippen LogP contribution in [0.2, 0.25) is 0 Å². The lowest BCUT2D eigenvalue weighted by atomic mass is 9.95. The minimum absolute atomic E-state index is 0.0564. The van der Waals surface area contributed by atoms with E-state index in [-0.39, 0.29) is 25.9 Å². The summed E-state index contributed by atoms with van der Waals surface area (Å²) in [6, 6.07) is 0. The van der Waals surface area contributed by atoms with Gasteiger partial charge in [0, 0.05) is 13.1 Å². The summed E-state index contributed by atoms with van der Waals surface area (Å²) in [6.45, 7) is 2.17. The zero-order chi connectivity index (χ0) is 14.0. The Morgan fingerprint density at radius 2 is 2.11 bits per heavy atom. The zero-order valence-corrected chi connectivity index (χ0v) is 10.3. The Kier molecular flexibility index (Phi) is 4.61. The quantitative estimate of drug-likeness (QED) is 0.810. The molecule has 106 valence electrons. The summed E-state index contributed by atoms with van der Waals surface area (Å²) in [6.07, 6.45) is -3.39. The maximum Gasteiger partial charge on any atom is 0.393 e. The van der Waals surface area contributed by atoms with Crippen molar-refractivity contribution in [3.05, 3.63) is 0 Å². The van der Waals surface area contributed by atoms with Gasteiger partial charge in [-0.2, -0.15) is 13.2 Å². The van der Waals surface area contributed by atoms with Crippen molar-refractivity contribution in [1.82, 2.24) is 4.90 Å². The lowest BCUT2D eigenvalue weighted by Gasteiger charge is -2.34. The molecule has 0 aliphatic carbocycles. The van der Waals surface area contributed by atoms with Crippen LogP contribution in [-0.4, -0.2) is 47.3 Å². The number of halogens is 3. The third kappa shape index (κ3) is 4.13. The summed E-state index contributed by atoms with van der Waals surface area (Å²) in [4.78, 5) is 12.4. The maximum atomic E-state index is 12.6. The molecule has 2 atom stereocenters. The van der Waals surface area contributed by atoms with Crippen LogP contribution in [0.4, 0.5) is 13.2 Å². The number of alkyl halides is 3. The lowest BCUT2D eigenvalue weighted by Crippen LogP contribution is -2.49. The van der Waals surface area contributed by atoms with Gasteiger partial charge < -0.3 is 15.7 Å². The van der Waals surface area contributed by atoms with Crippen LogP contribution in [0.1, 0.15) is 26.2 Å². The number of nitrogens with two attached hydrogens (primary N) is 1. The first-order valence-corrected chi connectivity index (χ1v) is 5.94. The van der Waals surface area contributed by atoms with E-state index in [0.717, 1.165) is 0 Å². The highest BCUT2D eigenvalue weighted by Gasteiger charge is 2.42. The minimum atomic E-state index is -4.17. The van der Waals surface area contributed by atoms with Crippen molar-refractivity contribution in [2.24, 2.45) is 11.7 Å². The highest BCUT2D eigenvalue weighted by Crippen LogP contribution is 2.33. The molecule has 0 aromatic rings. The van der Waals surface area contributed by atoms with E-state index in [9.17, 15) is 18.0 Å². The number of nitrogens with zero attached hydrogens (tertiary/aromatic N) is 1. The summed E-state index contributed by atoms with van der Waals surface area (Å²) in [5.41, 5.74) is 4.16. The molecule has 1 rings (SSSR count). The first-order valence-electron chi connectivity index (χ1n) is 5.94. The lowest BCUT2D eigenvalue weighted by molar-refractivity contribution is -0.186. The smallest absolute Gasteiger partial charge is 0.393 e. The fraction of sp³-hybridized carbons (Fsp3) is 0.909. The molecule has 1 aliphatic heterocycles. The predicted octanol–water partition coefficient (Wildman–Crippen LogP) is 1.45. The van der Waals surface area contributed by atoms with Crippen LogP contribution in [0.15, 0.2) is 0 Å². The molecular formula is C11H19F3N2O2. The van der Waals surface area contributed by atoms with E-state index in [1.165, 1.54) is 6.92 Å². The number of hydrogen-bond donors (Lipinski definition) is 2. The van der Waals surface area contributed by atoms with Gasteiger partial charge in [0.25, 0.3) is 0 Å². The number of carboxylic acids is 1. The summed E-state index contributed by atoms with van der Waals surface area (Å²) in [7, 11) is 0. The van der Waals surface area contributed by atoms with Crippen molar-refractivity contribution < 1.29 is 23.1 Å². The average molecular weight is 268 g/mol. The van der Waals surface area contributed by atoms with E-state index < -0.39 is 23.6 Å². The van der Waals surface area contributed by atoms with Crippen LogP contribution in [0.3, 0.4) is 0 Å². The summed E-state index contributed by atoms with van der Waals surface area (Å²) in [5.74, 6) is -2.44. The first kappa shape index (κ1) is 15.2. The maximum absolute atomic E-state index is 12.6. The molecule has 0 bridgehead atoms. The van der Waals surface area contributed by atoms with Gasteiger partial charge in [0.05, 0.1) is 5.92 Å². The van der Waals surface area contributed by atoms with Gasteiger partial charge in [-0.1, -0.05) is 0 Å². The largest absolute Gasteiger partial charge is 0.480 e. The topological polar surface area (TPSA) is 66.6 Å². The molecule has 1 saturated heterocycles. The second-order valence-corrected chi connectivity index (χ2v) is 5.15. The van der Waals surface area contributed by atoms with Gasteiger partial charge in [0.1, 0.15) is 5.54 Å². The number of aliphatic carboxylic acids is 1.